The number of benzene rings is 1. The van der Waals surface area contributed by atoms with Gasteiger partial charge in [0.2, 0.25) is 0 Å². The van der Waals surface area contributed by atoms with Gasteiger partial charge >= 0.3 is 0 Å². The molecular weight excluding hydrogens is 404 g/mol. The minimum atomic E-state index is 0.787. The molecule has 1 aromatic carbocycles. The van der Waals surface area contributed by atoms with Gasteiger partial charge in [-0.25, -0.2) is 4.68 Å². The van der Waals surface area contributed by atoms with Crippen LogP contribution in [-0.4, -0.2) is 15.0 Å². The Morgan fingerprint density at radius 2 is 1.86 bits per heavy atom. The zero-order valence-corrected chi connectivity index (χ0v) is 11.5. The maximum Gasteiger partial charge on any atom is 0.157 e. The molecule has 1 aromatic heterocycles. The van der Waals surface area contributed by atoms with Crippen molar-refractivity contribution in [2.75, 3.05) is 0 Å². The van der Waals surface area contributed by atoms with E-state index in [4.69, 9.17) is 0 Å². The van der Waals surface area contributed by atoms with Crippen molar-refractivity contribution in [1.82, 2.24) is 15.0 Å². The van der Waals surface area contributed by atoms with Crippen molar-refractivity contribution < 1.29 is 0 Å². The molecule has 72 valence electrons. The van der Waals surface area contributed by atoms with E-state index < -0.39 is 0 Å². The largest absolute Gasteiger partial charge is 0.234 e. The van der Waals surface area contributed by atoms with Crippen molar-refractivity contribution in [3.63, 3.8) is 0 Å². The van der Waals surface area contributed by atoms with Crippen molar-refractivity contribution in [2.45, 2.75) is 6.54 Å². The van der Waals surface area contributed by atoms with Crippen molar-refractivity contribution in [2.24, 2.45) is 0 Å². The normalized spacial score (nSPS) is 10.4. The van der Waals surface area contributed by atoms with E-state index in [9.17, 15) is 0 Å². The van der Waals surface area contributed by atoms with Crippen molar-refractivity contribution in [1.29, 1.82) is 0 Å². The molecule has 1 heterocycles. The monoisotopic (exact) mass is 411 g/mol. The predicted molar refractivity (Wildman–Crippen MR) is 71.0 cm³/mol. The van der Waals surface area contributed by atoms with Crippen LogP contribution in [0.3, 0.4) is 0 Å². The fourth-order valence-electron chi connectivity index (χ4n) is 1.14. The molecular formula is C9H7I2N3. The molecule has 0 aliphatic rings. The predicted octanol–water partition coefficient (Wildman–Crippen LogP) is 2.54. The Morgan fingerprint density at radius 3 is 2.43 bits per heavy atom. The lowest BCUT2D eigenvalue weighted by atomic mass is 10.2. The maximum atomic E-state index is 4.06. The van der Waals surface area contributed by atoms with Gasteiger partial charge in [0.15, 0.2) is 3.70 Å². The van der Waals surface area contributed by atoms with Gasteiger partial charge in [0.1, 0.15) is 3.70 Å². The van der Waals surface area contributed by atoms with Gasteiger partial charge in [0.25, 0.3) is 0 Å². The third-order valence-corrected chi connectivity index (χ3v) is 4.64. The van der Waals surface area contributed by atoms with E-state index >= 15 is 0 Å². The topological polar surface area (TPSA) is 30.7 Å². The molecule has 2 rings (SSSR count). The van der Waals surface area contributed by atoms with Crippen molar-refractivity contribution in [3.05, 3.63) is 43.3 Å². The summed E-state index contributed by atoms with van der Waals surface area (Å²) in [4.78, 5) is 0. The van der Waals surface area contributed by atoms with Crippen LogP contribution in [0.15, 0.2) is 30.3 Å². The third kappa shape index (κ3) is 2.25. The fraction of sp³-hybridized carbons (Fsp3) is 0.111. The molecule has 14 heavy (non-hydrogen) atoms. The molecule has 0 bridgehead atoms. The summed E-state index contributed by atoms with van der Waals surface area (Å²) in [5, 5.41) is 8.07. The molecule has 0 aliphatic carbocycles. The van der Waals surface area contributed by atoms with Gasteiger partial charge in [-0.1, -0.05) is 35.5 Å². The number of aromatic nitrogens is 3. The Morgan fingerprint density at radius 1 is 1.14 bits per heavy atom. The van der Waals surface area contributed by atoms with Gasteiger partial charge in [-0.15, -0.1) is 5.10 Å². The number of nitrogens with zero attached hydrogens (tertiary/aromatic N) is 3. The summed E-state index contributed by atoms with van der Waals surface area (Å²) < 4.78 is 3.95. The summed E-state index contributed by atoms with van der Waals surface area (Å²) in [6, 6.07) is 10.3. The second kappa shape index (κ2) is 4.56. The van der Waals surface area contributed by atoms with Gasteiger partial charge in [0.05, 0.1) is 6.54 Å². The molecule has 0 spiro atoms. The molecule has 0 saturated carbocycles. The van der Waals surface area contributed by atoms with Crippen LogP contribution in [0.2, 0.25) is 0 Å². The van der Waals surface area contributed by atoms with Crippen LogP contribution in [0.25, 0.3) is 0 Å². The minimum Gasteiger partial charge on any atom is -0.234 e. The summed E-state index contributed by atoms with van der Waals surface area (Å²) in [7, 11) is 0. The van der Waals surface area contributed by atoms with Gasteiger partial charge < -0.3 is 0 Å². The highest BCUT2D eigenvalue weighted by Crippen LogP contribution is 2.12. The van der Waals surface area contributed by atoms with Crippen LogP contribution in [0, 0.1) is 7.40 Å². The number of hydrogen-bond donors (Lipinski definition) is 0. The van der Waals surface area contributed by atoms with E-state index in [0.29, 0.717) is 0 Å². The van der Waals surface area contributed by atoms with Crippen molar-refractivity contribution in [3.8, 4) is 0 Å². The molecule has 3 nitrogen and oxygen atoms in total. The molecule has 0 saturated heterocycles. The van der Waals surface area contributed by atoms with E-state index in [1.54, 1.807) is 0 Å². The SMILES string of the molecule is Ic1nnn(Cc2ccccc2)c1I. The van der Waals surface area contributed by atoms with Crippen LogP contribution >= 0.6 is 45.2 Å². The molecule has 0 fully saturated rings. The number of halogens is 2. The minimum absolute atomic E-state index is 0.787. The Kier molecular flexibility index (Phi) is 3.37. The van der Waals surface area contributed by atoms with Gasteiger partial charge in [-0.05, 0) is 50.7 Å². The van der Waals surface area contributed by atoms with Gasteiger partial charge in [0, 0.05) is 0 Å². The molecule has 0 N–H and O–H groups in total. The Bertz CT molecular complexity index is 425. The molecule has 0 atom stereocenters. The van der Waals surface area contributed by atoms with E-state index in [-0.39, 0.29) is 0 Å². The lowest BCUT2D eigenvalue weighted by Gasteiger charge is -2.01. The van der Waals surface area contributed by atoms with E-state index in [1.807, 2.05) is 22.9 Å². The molecule has 2 aromatic rings. The van der Waals surface area contributed by atoms with Crippen LogP contribution < -0.4 is 0 Å². The zero-order chi connectivity index (χ0) is 9.97. The first-order valence-electron chi connectivity index (χ1n) is 4.06. The lowest BCUT2D eigenvalue weighted by Crippen LogP contribution is -2.03. The standard InChI is InChI=1S/C9H7I2N3/c10-8-9(11)14(13-12-8)6-7-4-2-1-3-5-7/h1-5H,6H2. The second-order valence-electron chi connectivity index (χ2n) is 2.81. The average Bonchev–Trinajstić information content (AvgIpc) is 2.52. The summed E-state index contributed by atoms with van der Waals surface area (Å²) in [6.45, 7) is 0.787. The summed E-state index contributed by atoms with van der Waals surface area (Å²) in [5.74, 6) is 0. The molecule has 0 aliphatic heterocycles. The maximum absolute atomic E-state index is 4.06. The first-order chi connectivity index (χ1) is 6.77. The highest BCUT2D eigenvalue weighted by Gasteiger charge is 2.06. The summed E-state index contributed by atoms with van der Waals surface area (Å²) in [5.41, 5.74) is 1.24. The van der Waals surface area contributed by atoms with Crippen LogP contribution in [0.5, 0.6) is 0 Å². The van der Waals surface area contributed by atoms with Gasteiger partial charge in [-0.3, -0.25) is 0 Å². The Labute approximate surface area is 109 Å². The van der Waals surface area contributed by atoms with Gasteiger partial charge in [-0.2, -0.15) is 0 Å². The van der Waals surface area contributed by atoms with E-state index in [2.05, 4.69) is 67.6 Å². The highest BCUT2D eigenvalue weighted by molar-refractivity contribution is 14.1. The molecule has 0 unspecified atom stereocenters. The number of hydrogen-bond acceptors (Lipinski definition) is 2. The van der Waals surface area contributed by atoms with E-state index in [1.165, 1.54) is 5.56 Å². The average molecular weight is 411 g/mol. The quantitative estimate of drug-likeness (QED) is 0.712. The zero-order valence-electron chi connectivity index (χ0n) is 7.19. The molecule has 0 radical (unpaired) electrons. The molecule has 5 heteroatoms. The first-order valence-corrected chi connectivity index (χ1v) is 6.21. The van der Waals surface area contributed by atoms with E-state index in [0.717, 1.165) is 13.9 Å². The molecule has 0 amide bonds. The van der Waals surface area contributed by atoms with Crippen LogP contribution in [0.4, 0.5) is 0 Å². The Balaban J connectivity index is 2.23. The third-order valence-electron chi connectivity index (χ3n) is 1.81. The summed E-state index contributed by atoms with van der Waals surface area (Å²) >= 11 is 4.44. The number of rotatable bonds is 2. The van der Waals surface area contributed by atoms with Crippen molar-refractivity contribution >= 4 is 45.2 Å². The fourth-order valence-corrected chi connectivity index (χ4v) is 1.89. The Hall–Kier alpha value is -0.180. The van der Waals surface area contributed by atoms with Crippen LogP contribution in [-0.2, 0) is 6.54 Å². The van der Waals surface area contributed by atoms with Crippen LogP contribution in [0.1, 0.15) is 5.56 Å². The highest BCUT2D eigenvalue weighted by atomic mass is 127. The summed E-state index contributed by atoms with van der Waals surface area (Å²) in [6.07, 6.45) is 0. The second-order valence-corrected chi connectivity index (χ2v) is 4.86. The lowest BCUT2D eigenvalue weighted by molar-refractivity contribution is 0.636. The smallest absolute Gasteiger partial charge is 0.157 e. The first kappa shape index (κ1) is 10.3.